The Morgan fingerprint density at radius 3 is 2.79 bits per heavy atom. The van der Waals surface area contributed by atoms with Gasteiger partial charge >= 0.3 is 6.18 Å². The highest BCUT2D eigenvalue weighted by Crippen LogP contribution is 2.21. The van der Waals surface area contributed by atoms with Crippen molar-refractivity contribution >= 4 is 5.95 Å². The monoisotopic (exact) mass is 277 g/mol. The van der Waals surface area contributed by atoms with Gasteiger partial charge in [0, 0.05) is 25.0 Å². The number of ether oxygens (including phenoxy) is 1. The highest BCUT2D eigenvalue weighted by Gasteiger charge is 2.27. The minimum Gasteiger partial charge on any atom is -0.370 e. The number of hydrogen-bond donors (Lipinski definition) is 1. The standard InChI is InChI=1S/C12H18F3N3O/c13-12(14,15)9-19-8-7-18-6-5-16-11(18)17-10-3-1-2-4-10/h5-6,10H,1-4,7-9H2,(H,16,17). The molecule has 1 saturated carbocycles. The van der Waals surface area contributed by atoms with Gasteiger partial charge in [-0.1, -0.05) is 12.8 Å². The van der Waals surface area contributed by atoms with E-state index in [0.29, 0.717) is 18.5 Å². The highest BCUT2D eigenvalue weighted by atomic mass is 19.4. The first-order chi connectivity index (χ1) is 9.04. The van der Waals surface area contributed by atoms with Crippen molar-refractivity contribution in [2.45, 2.75) is 44.4 Å². The van der Waals surface area contributed by atoms with E-state index in [1.807, 2.05) is 0 Å². The lowest BCUT2D eigenvalue weighted by Gasteiger charge is -2.15. The lowest BCUT2D eigenvalue weighted by atomic mass is 10.2. The molecule has 2 rings (SSSR count). The third-order valence-corrected chi connectivity index (χ3v) is 3.15. The summed E-state index contributed by atoms with van der Waals surface area (Å²) >= 11 is 0. The fraction of sp³-hybridized carbons (Fsp3) is 0.750. The summed E-state index contributed by atoms with van der Waals surface area (Å²) in [6, 6.07) is 0.428. The molecule has 0 spiro atoms. The Bertz CT molecular complexity index is 386. The first-order valence-electron chi connectivity index (χ1n) is 6.47. The number of anilines is 1. The predicted molar refractivity (Wildman–Crippen MR) is 65.0 cm³/mol. The molecule has 1 N–H and O–H groups in total. The van der Waals surface area contributed by atoms with Gasteiger partial charge in [0.25, 0.3) is 0 Å². The molecule has 0 unspecified atom stereocenters. The molecule has 7 heteroatoms. The topological polar surface area (TPSA) is 39.1 Å². The van der Waals surface area contributed by atoms with E-state index in [9.17, 15) is 13.2 Å². The number of imidazole rings is 1. The molecule has 0 radical (unpaired) electrons. The summed E-state index contributed by atoms with van der Waals surface area (Å²) in [5, 5.41) is 3.32. The van der Waals surface area contributed by atoms with Crippen molar-refractivity contribution in [2.24, 2.45) is 0 Å². The van der Waals surface area contributed by atoms with Crippen LogP contribution < -0.4 is 5.32 Å². The van der Waals surface area contributed by atoms with Gasteiger partial charge in [-0.3, -0.25) is 0 Å². The number of rotatable bonds is 6. The molecular formula is C12H18F3N3O. The van der Waals surface area contributed by atoms with Crippen LogP contribution in [0.25, 0.3) is 0 Å². The number of nitrogens with one attached hydrogen (secondary N) is 1. The molecular weight excluding hydrogens is 259 g/mol. The average molecular weight is 277 g/mol. The van der Waals surface area contributed by atoms with Gasteiger partial charge in [-0.25, -0.2) is 4.98 Å². The Kier molecular flexibility index (Phi) is 4.68. The molecule has 108 valence electrons. The van der Waals surface area contributed by atoms with E-state index in [1.54, 1.807) is 17.0 Å². The first-order valence-corrected chi connectivity index (χ1v) is 6.47. The highest BCUT2D eigenvalue weighted by molar-refractivity contribution is 5.27. The number of alkyl halides is 3. The molecule has 1 aromatic rings. The third kappa shape index (κ3) is 4.74. The summed E-state index contributed by atoms with van der Waals surface area (Å²) in [6.07, 6.45) is 3.80. The Labute approximate surface area is 110 Å². The lowest BCUT2D eigenvalue weighted by molar-refractivity contribution is -0.174. The lowest BCUT2D eigenvalue weighted by Crippen LogP contribution is -2.21. The van der Waals surface area contributed by atoms with Crippen molar-refractivity contribution in [3.05, 3.63) is 12.4 Å². The number of nitrogens with zero attached hydrogens (tertiary/aromatic N) is 2. The molecule has 1 heterocycles. The molecule has 19 heavy (non-hydrogen) atoms. The van der Waals surface area contributed by atoms with Crippen LogP contribution in [0.1, 0.15) is 25.7 Å². The van der Waals surface area contributed by atoms with Crippen LogP contribution in [-0.2, 0) is 11.3 Å². The second-order valence-electron chi connectivity index (χ2n) is 4.74. The number of halogens is 3. The Morgan fingerprint density at radius 1 is 1.37 bits per heavy atom. The molecule has 0 amide bonds. The number of hydrogen-bond acceptors (Lipinski definition) is 3. The zero-order chi connectivity index (χ0) is 13.7. The van der Waals surface area contributed by atoms with Crippen LogP contribution in [0.4, 0.5) is 19.1 Å². The van der Waals surface area contributed by atoms with Crippen LogP contribution in [0.15, 0.2) is 12.4 Å². The van der Waals surface area contributed by atoms with Crippen molar-refractivity contribution in [1.82, 2.24) is 9.55 Å². The Hall–Kier alpha value is -1.24. The zero-order valence-corrected chi connectivity index (χ0v) is 10.6. The van der Waals surface area contributed by atoms with Crippen molar-refractivity contribution in [2.75, 3.05) is 18.5 Å². The molecule has 1 fully saturated rings. The molecule has 0 bridgehead atoms. The van der Waals surface area contributed by atoms with Crippen LogP contribution in [0.5, 0.6) is 0 Å². The summed E-state index contributed by atoms with van der Waals surface area (Å²) in [6.45, 7) is -0.812. The maximum Gasteiger partial charge on any atom is 0.411 e. The van der Waals surface area contributed by atoms with Gasteiger partial charge in [-0.2, -0.15) is 13.2 Å². The van der Waals surface area contributed by atoms with Gasteiger partial charge in [0.15, 0.2) is 0 Å². The summed E-state index contributed by atoms with van der Waals surface area (Å²) in [5.74, 6) is 0.711. The average Bonchev–Trinajstić information content (AvgIpc) is 2.96. The van der Waals surface area contributed by atoms with E-state index in [1.165, 1.54) is 12.8 Å². The van der Waals surface area contributed by atoms with E-state index in [4.69, 9.17) is 0 Å². The predicted octanol–water partition coefficient (Wildman–Crippen LogP) is 2.82. The van der Waals surface area contributed by atoms with Gasteiger partial charge in [-0.15, -0.1) is 0 Å². The molecule has 0 atom stereocenters. The fourth-order valence-corrected chi connectivity index (χ4v) is 2.23. The fourth-order valence-electron chi connectivity index (χ4n) is 2.23. The molecule has 4 nitrogen and oxygen atoms in total. The Morgan fingerprint density at radius 2 is 2.11 bits per heavy atom. The van der Waals surface area contributed by atoms with Crippen LogP contribution in [0, 0.1) is 0 Å². The van der Waals surface area contributed by atoms with Crippen molar-refractivity contribution in [3.63, 3.8) is 0 Å². The maximum atomic E-state index is 11.9. The third-order valence-electron chi connectivity index (χ3n) is 3.15. The minimum absolute atomic E-state index is 0.0230. The largest absolute Gasteiger partial charge is 0.411 e. The zero-order valence-electron chi connectivity index (χ0n) is 10.6. The van der Waals surface area contributed by atoms with Gasteiger partial charge in [0.05, 0.1) is 6.61 Å². The van der Waals surface area contributed by atoms with E-state index >= 15 is 0 Å². The molecule has 0 aliphatic heterocycles. The summed E-state index contributed by atoms with van der Waals surface area (Å²) in [7, 11) is 0. The van der Waals surface area contributed by atoms with E-state index in [2.05, 4.69) is 15.0 Å². The molecule has 1 aliphatic rings. The second-order valence-corrected chi connectivity index (χ2v) is 4.74. The van der Waals surface area contributed by atoms with Crippen molar-refractivity contribution < 1.29 is 17.9 Å². The molecule has 0 aromatic carbocycles. The summed E-state index contributed by atoms with van der Waals surface area (Å²) in [4.78, 5) is 4.18. The van der Waals surface area contributed by atoms with Gasteiger partial charge < -0.3 is 14.6 Å². The van der Waals surface area contributed by atoms with Gasteiger partial charge in [-0.05, 0) is 12.8 Å². The van der Waals surface area contributed by atoms with E-state index in [0.717, 1.165) is 12.8 Å². The van der Waals surface area contributed by atoms with Gasteiger partial charge in [0.1, 0.15) is 6.61 Å². The maximum absolute atomic E-state index is 11.9. The van der Waals surface area contributed by atoms with Crippen LogP contribution >= 0.6 is 0 Å². The summed E-state index contributed by atoms with van der Waals surface area (Å²) in [5.41, 5.74) is 0. The second kappa shape index (κ2) is 6.27. The molecule has 1 aromatic heterocycles. The first kappa shape index (κ1) is 14.2. The van der Waals surface area contributed by atoms with Crippen LogP contribution in [-0.4, -0.2) is 35.0 Å². The molecule has 0 saturated heterocycles. The quantitative estimate of drug-likeness (QED) is 0.813. The van der Waals surface area contributed by atoms with Crippen LogP contribution in [0.3, 0.4) is 0 Å². The van der Waals surface area contributed by atoms with Gasteiger partial charge in [0.2, 0.25) is 5.95 Å². The van der Waals surface area contributed by atoms with Crippen LogP contribution in [0.2, 0.25) is 0 Å². The minimum atomic E-state index is -4.26. The normalized spacial score (nSPS) is 17.0. The summed E-state index contributed by atoms with van der Waals surface area (Å²) < 4.78 is 42.1. The number of aromatic nitrogens is 2. The van der Waals surface area contributed by atoms with Crippen molar-refractivity contribution in [3.8, 4) is 0 Å². The van der Waals surface area contributed by atoms with Crippen molar-refractivity contribution in [1.29, 1.82) is 0 Å². The molecule has 1 aliphatic carbocycles. The smallest absolute Gasteiger partial charge is 0.370 e. The SMILES string of the molecule is FC(F)(F)COCCn1ccnc1NC1CCCC1. The van der Waals surface area contributed by atoms with E-state index in [-0.39, 0.29) is 6.61 Å². The Balaban J connectivity index is 1.75. The van der Waals surface area contributed by atoms with E-state index < -0.39 is 12.8 Å².